The van der Waals surface area contributed by atoms with Crippen LogP contribution < -0.4 is 5.32 Å². The van der Waals surface area contributed by atoms with E-state index in [0.717, 1.165) is 30.1 Å². The molecule has 0 bridgehead atoms. The van der Waals surface area contributed by atoms with E-state index >= 15 is 0 Å². The number of rotatable bonds is 5. The molecule has 0 saturated carbocycles. The first-order valence-electron chi connectivity index (χ1n) is 8.99. The number of piperidine rings is 1. The van der Waals surface area contributed by atoms with Crippen molar-refractivity contribution in [2.24, 2.45) is 11.8 Å². The second kappa shape index (κ2) is 8.40. The van der Waals surface area contributed by atoms with Gasteiger partial charge in [0.15, 0.2) is 0 Å². The maximum atomic E-state index is 12.8. The molecule has 2 aromatic heterocycles. The molecule has 1 aliphatic heterocycles. The molecule has 1 N–H and O–H groups in total. The fourth-order valence-corrected chi connectivity index (χ4v) is 3.86. The molecule has 1 unspecified atom stereocenters. The van der Waals surface area contributed by atoms with Gasteiger partial charge in [0.05, 0.1) is 11.9 Å². The number of aromatic nitrogens is 2. The third kappa shape index (κ3) is 4.46. The van der Waals surface area contributed by atoms with Crippen LogP contribution >= 0.6 is 11.3 Å². The molecule has 7 heteroatoms. The van der Waals surface area contributed by atoms with Gasteiger partial charge in [-0.2, -0.15) is 0 Å². The van der Waals surface area contributed by atoms with Crippen molar-refractivity contribution in [3.05, 3.63) is 35.5 Å². The lowest BCUT2D eigenvalue weighted by Crippen LogP contribution is -2.44. The van der Waals surface area contributed by atoms with Crippen molar-refractivity contribution >= 4 is 23.2 Å². The summed E-state index contributed by atoms with van der Waals surface area (Å²) in [5, 5.41) is 3.74. The van der Waals surface area contributed by atoms with Crippen LogP contribution in [0.5, 0.6) is 0 Å². The van der Waals surface area contributed by atoms with Gasteiger partial charge in [0.25, 0.3) is 5.91 Å². The predicted octanol–water partition coefficient (Wildman–Crippen LogP) is 2.83. The molecule has 1 aliphatic rings. The highest BCUT2D eigenvalue weighted by atomic mass is 32.1. The standard InChI is InChI=1S/C19H24N4O2S/c1-13(2)17(24)21-10-14-6-5-9-23(12-14)19(25)16-11-22-18(26-16)15-7-3-4-8-20-15/h3-4,7-8,11,13-14H,5-6,9-10,12H2,1-2H3,(H,21,24). The van der Waals surface area contributed by atoms with E-state index in [2.05, 4.69) is 15.3 Å². The molecule has 1 saturated heterocycles. The summed E-state index contributed by atoms with van der Waals surface area (Å²) < 4.78 is 0. The molecule has 3 rings (SSSR count). The molecule has 1 fully saturated rings. The fourth-order valence-electron chi connectivity index (χ4n) is 3.00. The Kier molecular flexibility index (Phi) is 5.98. The largest absolute Gasteiger partial charge is 0.356 e. The van der Waals surface area contributed by atoms with E-state index < -0.39 is 0 Å². The molecule has 3 heterocycles. The lowest BCUT2D eigenvalue weighted by molar-refractivity contribution is -0.124. The normalized spacial score (nSPS) is 17.3. The molecule has 138 valence electrons. The molecule has 0 radical (unpaired) electrons. The number of likely N-dealkylation sites (tertiary alicyclic amines) is 1. The zero-order valence-electron chi connectivity index (χ0n) is 15.1. The Morgan fingerprint density at radius 1 is 1.35 bits per heavy atom. The van der Waals surface area contributed by atoms with Gasteiger partial charge < -0.3 is 10.2 Å². The first-order chi connectivity index (χ1) is 12.5. The smallest absolute Gasteiger partial charge is 0.265 e. The summed E-state index contributed by atoms with van der Waals surface area (Å²) in [6.07, 6.45) is 5.35. The van der Waals surface area contributed by atoms with Gasteiger partial charge >= 0.3 is 0 Å². The number of thiazole rings is 1. The minimum absolute atomic E-state index is 0.0152. The Morgan fingerprint density at radius 2 is 2.19 bits per heavy atom. The topological polar surface area (TPSA) is 75.2 Å². The van der Waals surface area contributed by atoms with Crippen LogP contribution in [0.1, 0.15) is 36.4 Å². The van der Waals surface area contributed by atoms with Crippen LogP contribution in [0.15, 0.2) is 30.6 Å². The summed E-state index contributed by atoms with van der Waals surface area (Å²) in [5.41, 5.74) is 0.782. The van der Waals surface area contributed by atoms with Gasteiger partial charge in [0.2, 0.25) is 5.91 Å². The molecule has 1 atom stereocenters. The van der Waals surface area contributed by atoms with Gasteiger partial charge in [-0.05, 0) is 30.9 Å². The number of hydrogen-bond acceptors (Lipinski definition) is 5. The first kappa shape index (κ1) is 18.5. The van der Waals surface area contributed by atoms with Crippen LogP contribution in [0.3, 0.4) is 0 Å². The van der Waals surface area contributed by atoms with Crippen LogP contribution in [0.2, 0.25) is 0 Å². The van der Waals surface area contributed by atoms with Crippen molar-refractivity contribution in [3.8, 4) is 10.7 Å². The summed E-state index contributed by atoms with van der Waals surface area (Å²) in [7, 11) is 0. The number of carbonyl (C=O) groups is 2. The second-order valence-corrected chi connectivity index (χ2v) is 7.93. The monoisotopic (exact) mass is 372 g/mol. The lowest BCUT2D eigenvalue weighted by atomic mass is 9.97. The molecule has 2 amide bonds. The number of nitrogens with zero attached hydrogens (tertiary/aromatic N) is 3. The number of nitrogens with one attached hydrogen (secondary N) is 1. The van der Waals surface area contributed by atoms with Crippen LogP contribution in [0, 0.1) is 11.8 Å². The molecule has 26 heavy (non-hydrogen) atoms. The van der Waals surface area contributed by atoms with Gasteiger partial charge in [-0.1, -0.05) is 19.9 Å². The van der Waals surface area contributed by atoms with E-state index in [0.29, 0.717) is 23.9 Å². The fraction of sp³-hybridized carbons (Fsp3) is 0.474. The van der Waals surface area contributed by atoms with Crippen LogP contribution in [-0.2, 0) is 4.79 Å². The molecular formula is C19H24N4O2S. The average Bonchev–Trinajstić information content (AvgIpc) is 3.16. The minimum Gasteiger partial charge on any atom is -0.356 e. The summed E-state index contributed by atoms with van der Waals surface area (Å²) in [6.45, 7) is 5.82. The molecular weight excluding hydrogens is 348 g/mol. The Bertz CT molecular complexity index is 760. The van der Waals surface area contributed by atoms with Crippen molar-refractivity contribution in [3.63, 3.8) is 0 Å². The second-order valence-electron chi connectivity index (χ2n) is 6.90. The highest BCUT2D eigenvalue weighted by Gasteiger charge is 2.26. The van der Waals surface area contributed by atoms with Gasteiger partial charge in [-0.15, -0.1) is 11.3 Å². The van der Waals surface area contributed by atoms with Gasteiger partial charge in [0, 0.05) is 31.7 Å². The number of hydrogen-bond donors (Lipinski definition) is 1. The van der Waals surface area contributed by atoms with Crippen LogP contribution in [-0.4, -0.2) is 46.3 Å². The molecule has 2 aromatic rings. The van der Waals surface area contributed by atoms with Gasteiger partial charge in [0.1, 0.15) is 9.88 Å². The van der Waals surface area contributed by atoms with E-state index in [1.165, 1.54) is 11.3 Å². The SMILES string of the molecule is CC(C)C(=O)NCC1CCCN(C(=O)c2cnc(-c3ccccn3)s2)C1. The molecule has 0 aliphatic carbocycles. The third-order valence-electron chi connectivity index (χ3n) is 4.50. The molecule has 6 nitrogen and oxygen atoms in total. The van der Waals surface area contributed by atoms with Crippen LogP contribution in [0.4, 0.5) is 0 Å². The Morgan fingerprint density at radius 3 is 2.92 bits per heavy atom. The number of amides is 2. The minimum atomic E-state index is -0.0152. The molecule has 0 aromatic carbocycles. The van der Waals surface area contributed by atoms with Crippen molar-refractivity contribution < 1.29 is 9.59 Å². The van der Waals surface area contributed by atoms with Crippen molar-refractivity contribution in [2.75, 3.05) is 19.6 Å². The number of carbonyl (C=O) groups excluding carboxylic acids is 2. The van der Waals surface area contributed by atoms with E-state index in [1.807, 2.05) is 36.9 Å². The molecule has 0 spiro atoms. The van der Waals surface area contributed by atoms with E-state index in [-0.39, 0.29) is 17.7 Å². The lowest BCUT2D eigenvalue weighted by Gasteiger charge is -2.32. The Balaban J connectivity index is 1.61. The Hall–Kier alpha value is -2.28. The zero-order chi connectivity index (χ0) is 18.5. The Labute approximate surface area is 157 Å². The van der Waals surface area contributed by atoms with Crippen LogP contribution in [0.25, 0.3) is 10.7 Å². The predicted molar refractivity (Wildman–Crippen MR) is 102 cm³/mol. The summed E-state index contributed by atoms with van der Waals surface area (Å²) in [6, 6.07) is 5.66. The maximum Gasteiger partial charge on any atom is 0.265 e. The van der Waals surface area contributed by atoms with Crippen molar-refractivity contribution in [1.82, 2.24) is 20.2 Å². The van der Waals surface area contributed by atoms with Crippen molar-refractivity contribution in [2.45, 2.75) is 26.7 Å². The van der Waals surface area contributed by atoms with E-state index in [9.17, 15) is 9.59 Å². The first-order valence-corrected chi connectivity index (χ1v) is 9.80. The highest BCUT2D eigenvalue weighted by Crippen LogP contribution is 2.26. The number of pyridine rings is 1. The maximum absolute atomic E-state index is 12.8. The summed E-state index contributed by atoms with van der Waals surface area (Å²) in [5.74, 6) is 0.373. The van der Waals surface area contributed by atoms with Gasteiger partial charge in [-0.25, -0.2) is 4.98 Å². The zero-order valence-corrected chi connectivity index (χ0v) is 16.0. The third-order valence-corrected chi connectivity index (χ3v) is 5.50. The van der Waals surface area contributed by atoms with E-state index in [4.69, 9.17) is 0 Å². The van der Waals surface area contributed by atoms with Crippen molar-refractivity contribution in [1.29, 1.82) is 0 Å². The van der Waals surface area contributed by atoms with Gasteiger partial charge in [-0.3, -0.25) is 14.6 Å². The summed E-state index contributed by atoms with van der Waals surface area (Å²) in [4.78, 5) is 35.7. The highest BCUT2D eigenvalue weighted by molar-refractivity contribution is 7.16. The van der Waals surface area contributed by atoms with E-state index in [1.54, 1.807) is 12.4 Å². The quantitative estimate of drug-likeness (QED) is 0.876. The average molecular weight is 372 g/mol. The summed E-state index contributed by atoms with van der Waals surface area (Å²) >= 11 is 1.38.